The molecule has 8 heteroatoms. The Morgan fingerprint density at radius 3 is 2.47 bits per heavy atom. The van der Waals surface area contributed by atoms with Crippen LogP contribution in [-0.2, 0) is 34.5 Å². The number of anilines is 1. The van der Waals surface area contributed by atoms with E-state index in [0.29, 0.717) is 41.5 Å². The minimum Gasteiger partial charge on any atom is -0.465 e. The number of carbonyl (C=O) groups is 1. The minimum atomic E-state index is -1.12. The van der Waals surface area contributed by atoms with Crippen molar-refractivity contribution in [3.63, 3.8) is 0 Å². The van der Waals surface area contributed by atoms with E-state index >= 15 is 0 Å². The standard InChI is InChI=1S/C28H26ClFN4O2/c1-2-36-27(35)28(16-20-10-5-3-6-11-20)19-33(21-12-7-4-8-13-21)18-25-26(28)34(32-31-25)17-22-23(29)14-9-15-24(22)30/h3-15H,2,16-19H2,1H3. The maximum atomic E-state index is 14.7. The van der Waals surface area contributed by atoms with Gasteiger partial charge in [-0.15, -0.1) is 5.10 Å². The van der Waals surface area contributed by atoms with E-state index in [1.54, 1.807) is 23.7 Å². The van der Waals surface area contributed by atoms with Gasteiger partial charge in [0.05, 0.1) is 25.4 Å². The molecule has 0 N–H and O–H groups in total. The van der Waals surface area contributed by atoms with Gasteiger partial charge in [-0.2, -0.15) is 0 Å². The molecule has 1 aliphatic rings. The first-order chi connectivity index (χ1) is 17.5. The highest BCUT2D eigenvalue weighted by Gasteiger charge is 2.51. The quantitative estimate of drug-likeness (QED) is 0.324. The van der Waals surface area contributed by atoms with E-state index in [9.17, 15) is 9.18 Å². The molecule has 0 bridgehead atoms. The van der Waals surface area contributed by atoms with Gasteiger partial charge in [0.1, 0.15) is 16.9 Å². The van der Waals surface area contributed by atoms with Crippen molar-refractivity contribution in [2.75, 3.05) is 18.1 Å². The zero-order valence-electron chi connectivity index (χ0n) is 19.9. The maximum absolute atomic E-state index is 14.7. The summed E-state index contributed by atoms with van der Waals surface area (Å²) in [6, 6.07) is 24.3. The minimum absolute atomic E-state index is 0.0507. The highest BCUT2D eigenvalue weighted by atomic mass is 35.5. The van der Waals surface area contributed by atoms with Crippen LogP contribution in [0.15, 0.2) is 78.9 Å². The lowest BCUT2D eigenvalue weighted by atomic mass is 9.74. The molecule has 36 heavy (non-hydrogen) atoms. The summed E-state index contributed by atoms with van der Waals surface area (Å²) in [6.45, 7) is 2.89. The molecule has 2 heterocycles. The van der Waals surface area contributed by atoms with Crippen LogP contribution in [-0.4, -0.2) is 34.1 Å². The van der Waals surface area contributed by atoms with Crippen molar-refractivity contribution < 1.29 is 13.9 Å². The summed E-state index contributed by atoms with van der Waals surface area (Å²) in [6.07, 6.45) is 0.376. The van der Waals surface area contributed by atoms with Crippen LogP contribution in [0.4, 0.5) is 10.1 Å². The first-order valence-corrected chi connectivity index (χ1v) is 12.3. The summed E-state index contributed by atoms with van der Waals surface area (Å²) in [5.41, 5.74) is 2.41. The normalized spacial score (nSPS) is 17.0. The predicted octanol–water partition coefficient (Wildman–Crippen LogP) is 5.18. The fourth-order valence-corrected chi connectivity index (χ4v) is 5.19. The summed E-state index contributed by atoms with van der Waals surface area (Å²) in [4.78, 5) is 16.0. The molecule has 4 aromatic rings. The Morgan fingerprint density at radius 2 is 1.78 bits per heavy atom. The summed E-state index contributed by atoms with van der Waals surface area (Å²) >= 11 is 6.34. The van der Waals surface area contributed by atoms with Crippen LogP contribution in [0, 0.1) is 5.82 Å². The van der Waals surface area contributed by atoms with Crippen LogP contribution < -0.4 is 4.90 Å². The number of benzene rings is 3. The molecule has 3 aromatic carbocycles. The Labute approximate surface area is 214 Å². The van der Waals surface area contributed by atoms with E-state index in [1.165, 1.54) is 6.07 Å². The Morgan fingerprint density at radius 1 is 1.06 bits per heavy atom. The first-order valence-electron chi connectivity index (χ1n) is 11.9. The molecule has 0 saturated carbocycles. The largest absolute Gasteiger partial charge is 0.465 e. The van der Waals surface area contributed by atoms with E-state index < -0.39 is 11.2 Å². The Balaban J connectivity index is 1.68. The van der Waals surface area contributed by atoms with Crippen molar-refractivity contribution in [2.24, 2.45) is 0 Å². The molecule has 1 atom stereocenters. The third-order valence-electron chi connectivity index (χ3n) is 6.57. The van der Waals surface area contributed by atoms with Crippen LogP contribution in [0.25, 0.3) is 0 Å². The van der Waals surface area contributed by atoms with Crippen molar-refractivity contribution >= 4 is 23.3 Å². The molecule has 0 radical (unpaired) electrons. The second kappa shape index (κ2) is 10.1. The summed E-state index contributed by atoms with van der Waals surface area (Å²) in [5, 5.41) is 9.15. The lowest BCUT2D eigenvalue weighted by Crippen LogP contribution is -2.54. The highest BCUT2D eigenvalue weighted by Crippen LogP contribution is 2.39. The molecule has 0 spiro atoms. The molecule has 184 valence electrons. The van der Waals surface area contributed by atoms with E-state index in [-0.39, 0.29) is 19.1 Å². The van der Waals surface area contributed by atoms with Gasteiger partial charge in [-0.3, -0.25) is 4.79 Å². The molecule has 1 aromatic heterocycles. The van der Waals surface area contributed by atoms with Gasteiger partial charge in [0.2, 0.25) is 0 Å². The zero-order chi connectivity index (χ0) is 25.1. The SMILES string of the molecule is CCOC(=O)C1(Cc2ccccc2)CN(c2ccccc2)Cc2nnn(Cc3c(F)cccc3Cl)c21. The van der Waals surface area contributed by atoms with E-state index in [1.807, 2.05) is 60.7 Å². The Kier molecular flexibility index (Phi) is 6.74. The molecule has 0 saturated heterocycles. The van der Waals surface area contributed by atoms with E-state index in [2.05, 4.69) is 15.2 Å². The molecular formula is C28H26ClFN4O2. The molecule has 6 nitrogen and oxygen atoms in total. The second-order valence-electron chi connectivity index (χ2n) is 8.90. The van der Waals surface area contributed by atoms with Gasteiger partial charge in [-0.05, 0) is 43.2 Å². The van der Waals surface area contributed by atoms with Gasteiger partial charge in [-0.25, -0.2) is 9.07 Å². The maximum Gasteiger partial charge on any atom is 0.320 e. The smallest absolute Gasteiger partial charge is 0.320 e. The summed E-state index contributed by atoms with van der Waals surface area (Å²) < 4.78 is 22.0. The van der Waals surface area contributed by atoms with Gasteiger partial charge >= 0.3 is 5.97 Å². The summed E-state index contributed by atoms with van der Waals surface area (Å²) in [5.74, 6) is -0.794. The van der Waals surface area contributed by atoms with Crippen LogP contribution >= 0.6 is 11.6 Å². The van der Waals surface area contributed by atoms with E-state index in [0.717, 1.165) is 11.3 Å². The number of para-hydroxylation sites is 1. The third-order valence-corrected chi connectivity index (χ3v) is 6.92. The zero-order valence-corrected chi connectivity index (χ0v) is 20.7. The van der Waals surface area contributed by atoms with Crippen molar-refractivity contribution in [1.82, 2.24) is 15.0 Å². The number of nitrogens with zero attached hydrogens (tertiary/aromatic N) is 4. The van der Waals surface area contributed by atoms with Crippen molar-refractivity contribution in [3.05, 3.63) is 112 Å². The summed E-state index contributed by atoms with van der Waals surface area (Å²) in [7, 11) is 0. The lowest BCUT2D eigenvalue weighted by Gasteiger charge is -2.41. The monoisotopic (exact) mass is 504 g/mol. The highest BCUT2D eigenvalue weighted by molar-refractivity contribution is 6.31. The second-order valence-corrected chi connectivity index (χ2v) is 9.31. The van der Waals surface area contributed by atoms with Crippen LogP contribution in [0.5, 0.6) is 0 Å². The molecule has 5 rings (SSSR count). The molecule has 0 amide bonds. The van der Waals surface area contributed by atoms with Crippen molar-refractivity contribution in [2.45, 2.75) is 31.8 Å². The Hall–Kier alpha value is -3.71. The molecule has 1 unspecified atom stereocenters. The molecule has 0 fully saturated rings. The van der Waals surface area contributed by atoms with Gasteiger partial charge in [-0.1, -0.05) is 71.4 Å². The number of fused-ring (bicyclic) bond motifs is 1. The number of ether oxygens (including phenoxy) is 1. The third kappa shape index (κ3) is 4.46. The van der Waals surface area contributed by atoms with Crippen LogP contribution in [0.3, 0.4) is 0 Å². The van der Waals surface area contributed by atoms with Crippen molar-refractivity contribution in [1.29, 1.82) is 0 Å². The van der Waals surface area contributed by atoms with Gasteiger partial charge in [0, 0.05) is 22.8 Å². The number of esters is 1. The number of hydrogen-bond acceptors (Lipinski definition) is 5. The fourth-order valence-electron chi connectivity index (χ4n) is 4.97. The fraction of sp³-hybridized carbons (Fsp3) is 0.250. The average molecular weight is 505 g/mol. The van der Waals surface area contributed by atoms with Gasteiger partial charge in [0.15, 0.2) is 0 Å². The number of halogens is 2. The Bertz CT molecular complexity index is 1340. The molecule has 1 aliphatic heterocycles. The first kappa shape index (κ1) is 24.0. The lowest BCUT2D eigenvalue weighted by molar-refractivity contribution is -0.150. The average Bonchev–Trinajstić information content (AvgIpc) is 3.31. The number of aromatic nitrogens is 3. The predicted molar refractivity (Wildman–Crippen MR) is 136 cm³/mol. The van der Waals surface area contributed by atoms with Crippen LogP contribution in [0.1, 0.15) is 29.4 Å². The number of carbonyl (C=O) groups excluding carboxylic acids is 1. The van der Waals surface area contributed by atoms with Crippen molar-refractivity contribution in [3.8, 4) is 0 Å². The van der Waals surface area contributed by atoms with Gasteiger partial charge in [0.25, 0.3) is 0 Å². The van der Waals surface area contributed by atoms with E-state index in [4.69, 9.17) is 16.3 Å². The molecule has 0 aliphatic carbocycles. The van der Waals surface area contributed by atoms with Crippen LogP contribution in [0.2, 0.25) is 5.02 Å². The number of rotatable bonds is 7. The topological polar surface area (TPSA) is 60.2 Å². The molecular weight excluding hydrogens is 479 g/mol. The number of hydrogen-bond donors (Lipinski definition) is 0. The van der Waals surface area contributed by atoms with Gasteiger partial charge < -0.3 is 9.64 Å².